The van der Waals surface area contributed by atoms with Crippen LogP contribution in [-0.4, -0.2) is 61.3 Å². The van der Waals surface area contributed by atoms with Gasteiger partial charge >= 0.3 is 0 Å². The molecule has 0 saturated heterocycles. The van der Waals surface area contributed by atoms with Crippen molar-refractivity contribution >= 4 is 0 Å². The molecule has 1 saturated carbocycles. The molecule has 3 nitrogen and oxygen atoms in total. The first-order valence-corrected chi connectivity index (χ1v) is 5.64. The smallest absolute Gasteiger partial charge is 0.0558 e. The molecule has 0 unspecified atom stereocenters. The molecule has 0 bridgehead atoms. The van der Waals surface area contributed by atoms with E-state index in [0.717, 1.165) is 6.54 Å². The topological polar surface area (TPSA) is 26.7 Å². The summed E-state index contributed by atoms with van der Waals surface area (Å²) in [6.07, 6.45) is 5.27. The minimum Gasteiger partial charge on any atom is -0.395 e. The molecule has 2 atom stereocenters. The third kappa shape index (κ3) is 2.94. The first kappa shape index (κ1) is 12.0. The summed E-state index contributed by atoms with van der Waals surface area (Å²) in [5.41, 5.74) is 0. The first-order chi connectivity index (χ1) is 6.66. The highest BCUT2D eigenvalue weighted by molar-refractivity contribution is 4.86. The van der Waals surface area contributed by atoms with Crippen LogP contribution in [0, 0.1) is 0 Å². The second-order valence-electron chi connectivity index (χ2n) is 4.59. The zero-order valence-corrected chi connectivity index (χ0v) is 9.74. The molecular formula is C11H24N2O. The summed E-state index contributed by atoms with van der Waals surface area (Å²) in [5, 5.41) is 8.94. The summed E-state index contributed by atoms with van der Waals surface area (Å²) < 4.78 is 0. The van der Waals surface area contributed by atoms with E-state index < -0.39 is 0 Å². The number of hydrogen-bond donors (Lipinski definition) is 1. The normalized spacial score (nSPS) is 28.7. The van der Waals surface area contributed by atoms with E-state index in [1.165, 1.54) is 25.7 Å². The zero-order chi connectivity index (χ0) is 10.6. The van der Waals surface area contributed by atoms with Gasteiger partial charge in [-0.3, -0.25) is 4.90 Å². The molecule has 1 fully saturated rings. The van der Waals surface area contributed by atoms with Crippen molar-refractivity contribution in [3.63, 3.8) is 0 Å². The fourth-order valence-electron chi connectivity index (χ4n) is 2.53. The number of likely N-dealkylation sites (N-methyl/N-ethyl adjacent to an activating group) is 2. The molecule has 1 aliphatic rings. The van der Waals surface area contributed by atoms with Gasteiger partial charge in [0.05, 0.1) is 6.61 Å². The van der Waals surface area contributed by atoms with Crippen LogP contribution >= 0.6 is 0 Å². The minimum absolute atomic E-state index is 0.271. The maximum Gasteiger partial charge on any atom is 0.0558 e. The maximum absolute atomic E-state index is 8.94. The van der Waals surface area contributed by atoms with Gasteiger partial charge in [0, 0.05) is 18.6 Å². The average Bonchev–Trinajstić information content (AvgIpc) is 2.18. The van der Waals surface area contributed by atoms with E-state index in [2.05, 4.69) is 30.9 Å². The van der Waals surface area contributed by atoms with Crippen molar-refractivity contribution in [2.45, 2.75) is 37.8 Å². The molecule has 84 valence electrons. The number of aliphatic hydroxyl groups excluding tert-OH is 1. The van der Waals surface area contributed by atoms with Crippen LogP contribution in [0.5, 0.6) is 0 Å². The molecule has 3 heteroatoms. The standard InChI is InChI=1S/C11H24N2O/c1-12(2)10-6-4-5-7-11(10)13(3)8-9-14/h10-11,14H,4-9H2,1-3H3/t10-,11+/m0/s1. The largest absolute Gasteiger partial charge is 0.395 e. The first-order valence-electron chi connectivity index (χ1n) is 5.64. The van der Waals surface area contributed by atoms with E-state index in [4.69, 9.17) is 5.11 Å². The van der Waals surface area contributed by atoms with Crippen LogP contribution in [0.15, 0.2) is 0 Å². The summed E-state index contributed by atoms with van der Waals surface area (Å²) in [7, 11) is 6.45. The molecule has 0 spiro atoms. The summed E-state index contributed by atoms with van der Waals surface area (Å²) in [6, 6.07) is 1.30. The Bertz CT molecular complexity index is 161. The second-order valence-corrected chi connectivity index (χ2v) is 4.59. The summed E-state index contributed by atoms with van der Waals surface area (Å²) in [5.74, 6) is 0. The van der Waals surface area contributed by atoms with Crippen LogP contribution in [0.1, 0.15) is 25.7 Å². The molecule has 0 heterocycles. The van der Waals surface area contributed by atoms with Gasteiger partial charge in [-0.15, -0.1) is 0 Å². The van der Waals surface area contributed by atoms with Crippen LogP contribution < -0.4 is 0 Å². The predicted molar refractivity (Wildman–Crippen MR) is 59.4 cm³/mol. The molecule has 0 aromatic carbocycles. The Morgan fingerprint density at radius 3 is 2.14 bits per heavy atom. The number of hydrogen-bond acceptors (Lipinski definition) is 3. The van der Waals surface area contributed by atoms with E-state index in [9.17, 15) is 0 Å². The van der Waals surface area contributed by atoms with Gasteiger partial charge in [0.2, 0.25) is 0 Å². The number of nitrogens with zero attached hydrogens (tertiary/aromatic N) is 2. The van der Waals surface area contributed by atoms with Crippen molar-refractivity contribution in [3.8, 4) is 0 Å². The van der Waals surface area contributed by atoms with Gasteiger partial charge in [-0.25, -0.2) is 0 Å². The number of aliphatic hydroxyl groups is 1. The molecule has 14 heavy (non-hydrogen) atoms. The van der Waals surface area contributed by atoms with Crippen molar-refractivity contribution in [3.05, 3.63) is 0 Å². The van der Waals surface area contributed by atoms with Gasteiger partial charge in [-0.2, -0.15) is 0 Å². The molecule has 1 N–H and O–H groups in total. The highest BCUT2D eigenvalue weighted by Crippen LogP contribution is 2.24. The molecule has 0 amide bonds. The average molecular weight is 200 g/mol. The van der Waals surface area contributed by atoms with Gasteiger partial charge in [0.15, 0.2) is 0 Å². The van der Waals surface area contributed by atoms with E-state index in [1.807, 2.05) is 0 Å². The van der Waals surface area contributed by atoms with Crippen LogP contribution in [0.25, 0.3) is 0 Å². The molecule has 1 aliphatic carbocycles. The Hall–Kier alpha value is -0.120. The van der Waals surface area contributed by atoms with Gasteiger partial charge in [0.25, 0.3) is 0 Å². The quantitative estimate of drug-likeness (QED) is 0.726. The van der Waals surface area contributed by atoms with E-state index in [-0.39, 0.29) is 6.61 Å². The summed E-state index contributed by atoms with van der Waals surface area (Å²) >= 11 is 0. The lowest BCUT2D eigenvalue weighted by molar-refractivity contribution is 0.0792. The van der Waals surface area contributed by atoms with Crippen LogP contribution in [-0.2, 0) is 0 Å². The zero-order valence-electron chi connectivity index (χ0n) is 9.74. The highest BCUT2D eigenvalue weighted by Gasteiger charge is 2.29. The molecule has 0 aromatic heterocycles. The van der Waals surface area contributed by atoms with E-state index in [1.54, 1.807) is 0 Å². The molecule has 0 radical (unpaired) electrons. The molecule has 0 aromatic rings. The van der Waals surface area contributed by atoms with Crippen molar-refractivity contribution in [1.29, 1.82) is 0 Å². The molecule has 1 rings (SSSR count). The molecular weight excluding hydrogens is 176 g/mol. The maximum atomic E-state index is 8.94. The Morgan fingerprint density at radius 2 is 1.64 bits per heavy atom. The van der Waals surface area contributed by atoms with Crippen molar-refractivity contribution in [1.82, 2.24) is 9.80 Å². The fourth-order valence-corrected chi connectivity index (χ4v) is 2.53. The number of rotatable bonds is 4. The van der Waals surface area contributed by atoms with Gasteiger partial charge in [-0.05, 0) is 34.0 Å². The van der Waals surface area contributed by atoms with Gasteiger partial charge in [-0.1, -0.05) is 12.8 Å². The van der Waals surface area contributed by atoms with Crippen molar-refractivity contribution < 1.29 is 5.11 Å². The Labute approximate surface area is 87.7 Å². The van der Waals surface area contributed by atoms with E-state index >= 15 is 0 Å². The van der Waals surface area contributed by atoms with Crippen LogP contribution in [0.2, 0.25) is 0 Å². The van der Waals surface area contributed by atoms with Crippen LogP contribution in [0.4, 0.5) is 0 Å². The molecule has 0 aliphatic heterocycles. The Balaban J connectivity index is 2.53. The summed E-state index contributed by atoms with van der Waals surface area (Å²) in [6.45, 7) is 1.07. The van der Waals surface area contributed by atoms with E-state index in [0.29, 0.717) is 12.1 Å². The lowest BCUT2D eigenvalue weighted by Crippen LogP contribution is -2.50. The fraction of sp³-hybridized carbons (Fsp3) is 1.00. The SMILES string of the molecule is CN(C)[C@H]1CCCC[C@H]1N(C)CCO. The third-order valence-electron chi connectivity index (χ3n) is 3.38. The predicted octanol–water partition coefficient (Wildman–Crippen LogP) is 0.783. The minimum atomic E-state index is 0.271. The van der Waals surface area contributed by atoms with Crippen molar-refractivity contribution in [2.75, 3.05) is 34.3 Å². The Kier molecular flexibility index (Phi) is 4.85. The lowest BCUT2D eigenvalue weighted by Gasteiger charge is -2.41. The highest BCUT2D eigenvalue weighted by atomic mass is 16.3. The Morgan fingerprint density at radius 1 is 1.07 bits per heavy atom. The monoisotopic (exact) mass is 200 g/mol. The van der Waals surface area contributed by atoms with Crippen molar-refractivity contribution in [2.24, 2.45) is 0 Å². The van der Waals surface area contributed by atoms with Crippen LogP contribution in [0.3, 0.4) is 0 Å². The second kappa shape index (κ2) is 5.69. The summed E-state index contributed by atoms with van der Waals surface area (Å²) in [4.78, 5) is 4.64. The van der Waals surface area contributed by atoms with Gasteiger partial charge < -0.3 is 10.0 Å². The lowest BCUT2D eigenvalue weighted by atomic mass is 9.88. The van der Waals surface area contributed by atoms with Gasteiger partial charge in [0.1, 0.15) is 0 Å². The third-order valence-corrected chi connectivity index (χ3v) is 3.38.